The molecule has 2 aliphatic rings. The van der Waals surface area contributed by atoms with E-state index < -0.39 is 0 Å². The molecule has 0 N–H and O–H groups in total. The summed E-state index contributed by atoms with van der Waals surface area (Å²) in [6.07, 6.45) is 5.43. The zero-order chi connectivity index (χ0) is 17.2. The normalized spacial score (nSPS) is 21.6. The maximum absolute atomic E-state index is 12.6. The third-order valence-corrected chi connectivity index (χ3v) is 5.36. The molecule has 0 aliphatic carbocycles. The summed E-state index contributed by atoms with van der Waals surface area (Å²) in [4.78, 5) is 23.6. The largest absolute Gasteiger partial charge is 0.378 e. The van der Waals surface area contributed by atoms with Crippen LogP contribution in [0.3, 0.4) is 0 Å². The first-order valence-electron chi connectivity index (χ1n) is 8.76. The molecule has 0 radical (unpaired) electrons. The van der Waals surface area contributed by atoms with Gasteiger partial charge in [-0.25, -0.2) is 4.98 Å². The minimum atomic E-state index is 0.0360. The van der Waals surface area contributed by atoms with E-state index in [1.54, 1.807) is 10.8 Å². The third-order valence-electron chi connectivity index (χ3n) is 5.36. The first-order chi connectivity index (χ1) is 11.5. The minimum absolute atomic E-state index is 0.0360. The van der Waals surface area contributed by atoms with Gasteiger partial charge < -0.3 is 19.1 Å². The molecule has 0 aromatic carbocycles. The molecule has 2 aliphatic heterocycles. The van der Waals surface area contributed by atoms with Crippen molar-refractivity contribution in [2.24, 2.45) is 7.05 Å². The average molecular weight is 335 g/mol. The predicted octanol–water partition coefficient (Wildman–Crippen LogP) is 0.289. The Labute approximate surface area is 144 Å². The summed E-state index contributed by atoms with van der Waals surface area (Å²) in [7, 11) is 6.09. The standard InChI is InChI=1S/C17H29N5O2/c1-19(2)10-11-22-12-13-24-14-17(22)4-7-21(8-5-17)16(23)15-18-6-9-20(15)3/h6,9H,4-5,7-8,10-14H2,1-3H3. The molecule has 0 unspecified atom stereocenters. The van der Waals surface area contributed by atoms with Crippen molar-refractivity contribution in [1.82, 2.24) is 24.3 Å². The molecule has 0 atom stereocenters. The number of likely N-dealkylation sites (tertiary alicyclic amines) is 1. The number of imidazole rings is 1. The maximum Gasteiger partial charge on any atom is 0.289 e. The Morgan fingerprint density at radius 1 is 1.33 bits per heavy atom. The average Bonchev–Trinajstić information content (AvgIpc) is 3.00. The van der Waals surface area contributed by atoms with E-state index in [2.05, 4.69) is 28.9 Å². The van der Waals surface area contributed by atoms with Crippen LogP contribution in [0.5, 0.6) is 0 Å². The number of aryl methyl sites for hydroxylation is 1. The number of morpholine rings is 1. The fourth-order valence-corrected chi connectivity index (χ4v) is 3.73. The molecular weight excluding hydrogens is 306 g/mol. The lowest BCUT2D eigenvalue weighted by atomic mass is 9.85. The number of hydrogen-bond acceptors (Lipinski definition) is 5. The summed E-state index contributed by atoms with van der Waals surface area (Å²) in [5.41, 5.74) is 0.0900. The Morgan fingerprint density at radius 3 is 2.71 bits per heavy atom. The molecule has 2 fully saturated rings. The molecule has 3 rings (SSSR count). The van der Waals surface area contributed by atoms with Gasteiger partial charge in [-0.05, 0) is 26.9 Å². The summed E-state index contributed by atoms with van der Waals surface area (Å²) in [6, 6.07) is 0. The van der Waals surface area contributed by atoms with Crippen molar-refractivity contribution in [3.63, 3.8) is 0 Å². The van der Waals surface area contributed by atoms with Gasteiger partial charge in [0.2, 0.25) is 0 Å². The highest BCUT2D eigenvalue weighted by Crippen LogP contribution is 2.32. The summed E-state index contributed by atoms with van der Waals surface area (Å²) >= 11 is 0. The lowest BCUT2D eigenvalue weighted by molar-refractivity contribution is -0.0928. The fraction of sp³-hybridized carbons (Fsp3) is 0.765. The first-order valence-corrected chi connectivity index (χ1v) is 8.76. The molecule has 2 saturated heterocycles. The second kappa shape index (κ2) is 7.21. The molecule has 3 heterocycles. The Hall–Kier alpha value is -1.44. The molecule has 134 valence electrons. The number of piperidine rings is 1. The van der Waals surface area contributed by atoms with Gasteiger partial charge in [-0.15, -0.1) is 0 Å². The number of carbonyl (C=O) groups is 1. The van der Waals surface area contributed by atoms with E-state index in [-0.39, 0.29) is 11.4 Å². The van der Waals surface area contributed by atoms with E-state index in [9.17, 15) is 4.79 Å². The fourth-order valence-electron chi connectivity index (χ4n) is 3.73. The lowest BCUT2D eigenvalue weighted by Crippen LogP contribution is -2.62. The second-order valence-corrected chi connectivity index (χ2v) is 7.22. The van der Waals surface area contributed by atoms with Crippen molar-refractivity contribution >= 4 is 5.91 Å². The van der Waals surface area contributed by atoms with Gasteiger partial charge in [0.25, 0.3) is 5.91 Å². The van der Waals surface area contributed by atoms with Crippen molar-refractivity contribution in [2.75, 3.05) is 60.0 Å². The van der Waals surface area contributed by atoms with Crippen LogP contribution in [0.25, 0.3) is 0 Å². The second-order valence-electron chi connectivity index (χ2n) is 7.22. The van der Waals surface area contributed by atoms with Crippen LogP contribution in [0.4, 0.5) is 0 Å². The Morgan fingerprint density at radius 2 is 2.08 bits per heavy atom. The van der Waals surface area contributed by atoms with E-state index in [4.69, 9.17) is 4.74 Å². The summed E-state index contributed by atoms with van der Waals surface area (Å²) in [6.45, 7) is 6.24. The minimum Gasteiger partial charge on any atom is -0.378 e. The monoisotopic (exact) mass is 335 g/mol. The Kier molecular flexibility index (Phi) is 5.22. The zero-order valence-corrected chi connectivity index (χ0v) is 15.1. The summed E-state index contributed by atoms with van der Waals surface area (Å²) in [5, 5.41) is 0. The highest BCUT2D eigenvalue weighted by atomic mass is 16.5. The van der Waals surface area contributed by atoms with Crippen molar-refractivity contribution < 1.29 is 9.53 Å². The van der Waals surface area contributed by atoms with Crippen molar-refractivity contribution in [2.45, 2.75) is 18.4 Å². The van der Waals surface area contributed by atoms with Crippen LogP contribution in [0.2, 0.25) is 0 Å². The highest BCUT2D eigenvalue weighted by molar-refractivity contribution is 5.90. The molecule has 1 amide bonds. The molecule has 1 aromatic rings. The van der Waals surface area contributed by atoms with Crippen LogP contribution < -0.4 is 0 Å². The van der Waals surface area contributed by atoms with Crippen LogP contribution in [-0.2, 0) is 11.8 Å². The van der Waals surface area contributed by atoms with Gasteiger partial charge >= 0.3 is 0 Å². The zero-order valence-electron chi connectivity index (χ0n) is 15.1. The Balaban J connectivity index is 1.63. The van der Waals surface area contributed by atoms with Crippen molar-refractivity contribution in [3.8, 4) is 0 Å². The molecule has 1 spiro atoms. The molecule has 1 aromatic heterocycles. The predicted molar refractivity (Wildman–Crippen MR) is 92.0 cm³/mol. The maximum atomic E-state index is 12.6. The van der Waals surface area contributed by atoms with Crippen molar-refractivity contribution in [1.29, 1.82) is 0 Å². The smallest absolute Gasteiger partial charge is 0.289 e. The summed E-state index contributed by atoms with van der Waals surface area (Å²) in [5.74, 6) is 0.559. The molecule has 0 saturated carbocycles. The number of amides is 1. The number of aromatic nitrogens is 2. The summed E-state index contributed by atoms with van der Waals surface area (Å²) < 4.78 is 7.60. The topological polar surface area (TPSA) is 53.8 Å². The van der Waals surface area contributed by atoms with Crippen LogP contribution >= 0.6 is 0 Å². The van der Waals surface area contributed by atoms with E-state index in [1.165, 1.54) is 0 Å². The van der Waals surface area contributed by atoms with Gasteiger partial charge in [-0.1, -0.05) is 0 Å². The van der Waals surface area contributed by atoms with E-state index in [1.807, 2.05) is 18.1 Å². The lowest BCUT2D eigenvalue weighted by Gasteiger charge is -2.51. The van der Waals surface area contributed by atoms with Crippen LogP contribution in [0.15, 0.2) is 12.4 Å². The van der Waals surface area contributed by atoms with E-state index in [0.29, 0.717) is 5.82 Å². The van der Waals surface area contributed by atoms with Gasteiger partial charge in [-0.3, -0.25) is 9.69 Å². The van der Waals surface area contributed by atoms with Crippen LogP contribution in [0, 0.1) is 0 Å². The molecular formula is C17H29N5O2. The van der Waals surface area contributed by atoms with Crippen molar-refractivity contribution in [3.05, 3.63) is 18.2 Å². The van der Waals surface area contributed by atoms with Gasteiger partial charge in [0.1, 0.15) is 0 Å². The molecule has 24 heavy (non-hydrogen) atoms. The number of carbonyl (C=O) groups excluding carboxylic acids is 1. The molecule has 7 heteroatoms. The molecule has 0 bridgehead atoms. The van der Waals surface area contributed by atoms with E-state index >= 15 is 0 Å². The van der Waals surface area contributed by atoms with Gasteiger partial charge in [-0.2, -0.15) is 0 Å². The van der Waals surface area contributed by atoms with Gasteiger partial charge in [0.05, 0.1) is 13.2 Å². The third kappa shape index (κ3) is 3.48. The number of ether oxygens (including phenoxy) is 1. The molecule has 7 nitrogen and oxygen atoms in total. The number of nitrogens with zero attached hydrogens (tertiary/aromatic N) is 5. The van der Waals surface area contributed by atoms with Gasteiger partial charge in [0.15, 0.2) is 5.82 Å². The van der Waals surface area contributed by atoms with Crippen LogP contribution in [0.1, 0.15) is 23.5 Å². The quantitative estimate of drug-likeness (QED) is 0.792. The number of hydrogen-bond donors (Lipinski definition) is 0. The van der Waals surface area contributed by atoms with E-state index in [0.717, 1.165) is 58.8 Å². The first kappa shape index (κ1) is 17.4. The Bertz CT molecular complexity index is 563. The number of rotatable bonds is 4. The number of likely N-dealkylation sites (N-methyl/N-ethyl adjacent to an activating group) is 1. The van der Waals surface area contributed by atoms with Gasteiger partial charge in [0, 0.05) is 57.7 Å². The highest BCUT2D eigenvalue weighted by Gasteiger charge is 2.43. The van der Waals surface area contributed by atoms with Crippen LogP contribution in [-0.4, -0.2) is 95.7 Å². The SMILES string of the molecule is CN(C)CCN1CCOCC12CCN(C(=O)c1nccn1C)CC2.